The van der Waals surface area contributed by atoms with E-state index < -0.39 is 0 Å². The minimum atomic E-state index is 0. The third-order valence-electron chi connectivity index (χ3n) is 5.84. The van der Waals surface area contributed by atoms with Crippen LogP contribution in [0.1, 0.15) is 73.9 Å². The van der Waals surface area contributed by atoms with E-state index >= 15 is 0 Å². The highest BCUT2D eigenvalue weighted by Crippen LogP contribution is 2.32. The van der Waals surface area contributed by atoms with Crippen molar-refractivity contribution in [3.05, 3.63) is 47.0 Å². The zero-order chi connectivity index (χ0) is 20.8. The van der Waals surface area contributed by atoms with E-state index in [9.17, 15) is 0 Å². The van der Waals surface area contributed by atoms with Crippen molar-refractivity contribution in [2.24, 2.45) is 4.99 Å². The highest BCUT2D eigenvalue weighted by Gasteiger charge is 2.24. The number of aromatic nitrogens is 3. The van der Waals surface area contributed by atoms with Gasteiger partial charge < -0.3 is 15.4 Å². The molecule has 0 saturated carbocycles. The van der Waals surface area contributed by atoms with Crippen LogP contribution < -0.4 is 10.6 Å². The number of nitrogens with one attached hydrogen (secondary N) is 2. The van der Waals surface area contributed by atoms with Crippen LogP contribution in [0.25, 0.3) is 0 Å². The third kappa shape index (κ3) is 6.19. The van der Waals surface area contributed by atoms with Gasteiger partial charge in [0.15, 0.2) is 5.96 Å². The number of ether oxygens (including phenoxy) is 1. The van der Waals surface area contributed by atoms with Crippen molar-refractivity contribution < 1.29 is 4.74 Å². The summed E-state index contributed by atoms with van der Waals surface area (Å²) in [6.07, 6.45) is 6.80. The quantitative estimate of drug-likeness (QED) is 0.241. The molecule has 170 valence electrons. The van der Waals surface area contributed by atoms with E-state index in [2.05, 4.69) is 51.9 Å². The van der Waals surface area contributed by atoms with Crippen LogP contribution in [0.15, 0.2) is 29.3 Å². The molecular weight excluding hydrogens is 503 g/mol. The lowest BCUT2D eigenvalue weighted by Crippen LogP contribution is -2.41. The van der Waals surface area contributed by atoms with Gasteiger partial charge in [0.2, 0.25) is 0 Å². The Bertz CT molecular complexity index is 868. The molecule has 0 radical (unpaired) electrons. The van der Waals surface area contributed by atoms with Gasteiger partial charge >= 0.3 is 0 Å². The van der Waals surface area contributed by atoms with Gasteiger partial charge in [-0.15, -0.1) is 24.0 Å². The minimum absolute atomic E-state index is 0. The van der Waals surface area contributed by atoms with Gasteiger partial charge in [-0.2, -0.15) is 5.10 Å². The van der Waals surface area contributed by atoms with Gasteiger partial charge in [0, 0.05) is 26.2 Å². The third-order valence-corrected chi connectivity index (χ3v) is 5.84. The zero-order valence-electron chi connectivity index (χ0n) is 18.6. The van der Waals surface area contributed by atoms with Crippen LogP contribution in [0, 0.1) is 6.92 Å². The normalized spacial score (nSPS) is 20.4. The van der Waals surface area contributed by atoms with Crippen molar-refractivity contribution in [1.82, 2.24) is 25.4 Å². The molecule has 2 unspecified atom stereocenters. The van der Waals surface area contributed by atoms with Gasteiger partial charge in [-0.3, -0.25) is 4.99 Å². The monoisotopic (exact) mass is 538 g/mol. The lowest BCUT2D eigenvalue weighted by Gasteiger charge is -2.26. The van der Waals surface area contributed by atoms with Gasteiger partial charge in [0.1, 0.15) is 11.6 Å². The van der Waals surface area contributed by atoms with Gasteiger partial charge in [-0.25, -0.2) is 9.67 Å². The first-order valence-electron chi connectivity index (χ1n) is 11.4. The van der Waals surface area contributed by atoms with Crippen molar-refractivity contribution in [3.63, 3.8) is 0 Å². The fourth-order valence-electron chi connectivity index (χ4n) is 4.45. The summed E-state index contributed by atoms with van der Waals surface area (Å²) >= 11 is 0. The van der Waals surface area contributed by atoms with Crippen LogP contribution in [0.5, 0.6) is 0 Å². The van der Waals surface area contributed by atoms with Gasteiger partial charge in [-0.05, 0) is 63.5 Å². The molecule has 2 N–H and O–H groups in total. The Kier molecular flexibility index (Phi) is 9.13. The van der Waals surface area contributed by atoms with E-state index in [1.165, 1.54) is 24.0 Å². The van der Waals surface area contributed by atoms with Crippen molar-refractivity contribution in [2.45, 2.75) is 71.1 Å². The Hall–Kier alpha value is -1.68. The van der Waals surface area contributed by atoms with Crippen LogP contribution in [-0.4, -0.2) is 40.4 Å². The Morgan fingerprint density at radius 2 is 2.13 bits per heavy atom. The summed E-state index contributed by atoms with van der Waals surface area (Å²) in [5, 5.41) is 11.4. The number of rotatable bonds is 7. The number of hydrogen-bond acceptors (Lipinski definition) is 4. The Labute approximate surface area is 202 Å². The SMILES string of the molecule is CCNC(=NCCCOC1CCCc2ccccc21)NC1CCCn2nc(C)nc21.I. The van der Waals surface area contributed by atoms with E-state index in [1.807, 2.05) is 11.6 Å². The van der Waals surface area contributed by atoms with Gasteiger partial charge in [-0.1, -0.05) is 24.3 Å². The molecule has 1 aromatic carbocycles. The van der Waals surface area contributed by atoms with Gasteiger partial charge in [0.25, 0.3) is 0 Å². The molecule has 2 aromatic rings. The van der Waals surface area contributed by atoms with E-state index in [4.69, 9.17) is 9.73 Å². The van der Waals surface area contributed by atoms with Crippen molar-refractivity contribution in [2.75, 3.05) is 19.7 Å². The molecule has 0 saturated heterocycles. The molecular formula is C23H35IN6O. The highest BCUT2D eigenvalue weighted by molar-refractivity contribution is 14.0. The fraction of sp³-hybridized carbons (Fsp3) is 0.609. The Balaban J connectivity index is 0.00000272. The molecule has 1 aliphatic carbocycles. The number of hydrogen-bond donors (Lipinski definition) is 2. The molecule has 7 nitrogen and oxygen atoms in total. The number of nitrogens with zero attached hydrogens (tertiary/aromatic N) is 4. The fourth-order valence-corrected chi connectivity index (χ4v) is 4.45. The minimum Gasteiger partial charge on any atom is -0.373 e. The van der Waals surface area contributed by atoms with Crippen molar-refractivity contribution in [1.29, 1.82) is 0 Å². The lowest BCUT2D eigenvalue weighted by molar-refractivity contribution is 0.0403. The predicted octanol–water partition coefficient (Wildman–Crippen LogP) is 4.08. The number of fused-ring (bicyclic) bond motifs is 2. The molecule has 1 aromatic heterocycles. The summed E-state index contributed by atoms with van der Waals surface area (Å²) < 4.78 is 8.24. The maximum atomic E-state index is 6.22. The van der Waals surface area contributed by atoms with Gasteiger partial charge in [0.05, 0.1) is 12.1 Å². The molecule has 0 amide bonds. The molecule has 2 aliphatic rings. The van der Waals surface area contributed by atoms with E-state index in [0.717, 1.165) is 69.5 Å². The first-order valence-corrected chi connectivity index (χ1v) is 11.4. The van der Waals surface area contributed by atoms with Crippen LogP contribution in [0.4, 0.5) is 0 Å². The number of benzene rings is 1. The topological polar surface area (TPSA) is 76.4 Å². The van der Waals surface area contributed by atoms with Crippen molar-refractivity contribution >= 4 is 29.9 Å². The largest absolute Gasteiger partial charge is 0.373 e. The number of aryl methyl sites for hydroxylation is 3. The maximum Gasteiger partial charge on any atom is 0.191 e. The maximum absolute atomic E-state index is 6.22. The second kappa shape index (κ2) is 11.8. The summed E-state index contributed by atoms with van der Waals surface area (Å²) in [7, 11) is 0. The number of aliphatic imine (C=N–C) groups is 1. The molecule has 8 heteroatoms. The molecule has 2 heterocycles. The van der Waals surface area contributed by atoms with Crippen LogP contribution >= 0.6 is 24.0 Å². The average Bonchev–Trinajstić information content (AvgIpc) is 3.15. The summed E-state index contributed by atoms with van der Waals surface area (Å²) in [6, 6.07) is 8.85. The first-order chi connectivity index (χ1) is 14.7. The Morgan fingerprint density at radius 1 is 1.26 bits per heavy atom. The summed E-state index contributed by atoms with van der Waals surface area (Å²) in [5.74, 6) is 2.70. The molecule has 0 spiro atoms. The van der Waals surface area contributed by atoms with Crippen LogP contribution in [0.2, 0.25) is 0 Å². The highest BCUT2D eigenvalue weighted by atomic mass is 127. The standard InChI is InChI=1S/C23H34N6O.HI/c1-3-24-23(27-20-12-7-15-29-22(20)26-17(2)28-29)25-14-8-16-30-21-13-6-10-18-9-4-5-11-19(18)21;/h4-5,9,11,20-21H,3,6-8,10,12-16H2,1-2H3,(H2,24,25,27);1H. The number of halogens is 1. The van der Waals surface area contributed by atoms with E-state index in [1.54, 1.807) is 0 Å². The summed E-state index contributed by atoms with van der Waals surface area (Å²) in [4.78, 5) is 9.38. The van der Waals surface area contributed by atoms with Crippen LogP contribution in [0.3, 0.4) is 0 Å². The summed E-state index contributed by atoms with van der Waals surface area (Å²) in [6.45, 7) is 7.30. The molecule has 2 atom stereocenters. The molecule has 1 aliphatic heterocycles. The van der Waals surface area contributed by atoms with E-state index in [0.29, 0.717) is 0 Å². The second-order valence-electron chi connectivity index (χ2n) is 8.14. The average molecular weight is 538 g/mol. The second-order valence-corrected chi connectivity index (χ2v) is 8.14. The molecule has 31 heavy (non-hydrogen) atoms. The zero-order valence-corrected chi connectivity index (χ0v) is 21.0. The van der Waals surface area contributed by atoms with Crippen molar-refractivity contribution in [3.8, 4) is 0 Å². The molecule has 4 rings (SSSR count). The number of guanidine groups is 1. The van der Waals surface area contributed by atoms with E-state index in [-0.39, 0.29) is 36.1 Å². The lowest BCUT2D eigenvalue weighted by atomic mass is 9.89. The molecule has 0 bridgehead atoms. The Morgan fingerprint density at radius 3 is 3.00 bits per heavy atom. The predicted molar refractivity (Wildman–Crippen MR) is 134 cm³/mol. The smallest absolute Gasteiger partial charge is 0.191 e. The molecule has 0 fully saturated rings. The first kappa shape index (κ1) is 24.0. The summed E-state index contributed by atoms with van der Waals surface area (Å²) in [5.41, 5.74) is 2.82. The van der Waals surface area contributed by atoms with Crippen LogP contribution in [-0.2, 0) is 17.7 Å².